The van der Waals surface area contributed by atoms with Gasteiger partial charge in [0.15, 0.2) is 12.4 Å². The number of nitrogens with zero attached hydrogens (tertiary/aromatic N) is 1. The summed E-state index contributed by atoms with van der Waals surface area (Å²) in [7, 11) is 0. The lowest BCUT2D eigenvalue weighted by Gasteiger charge is -2.19. The molecule has 6 nitrogen and oxygen atoms in total. The highest BCUT2D eigenvalue weighted by molar-refractivity contribution is 6.23. The quantitative estimate of drug-likeness (QED) is 0.312. The van der Waals surface area contributed by atoms with Crippen LogP contribution in [0.5, 0.6) is 0 Å². The van der Waals surface area contributed by atoms with Gasteiger partial charge in [-0.15, -0.1) is 0 Å². The van der Waals surface area contributed by atoms with Gasteiger partial charge >= 0.3 is 5.97 Å². The summed E-state index contributed by atoms with van der Waals surface area (Å²) >= 11 is 0. The molecule has 2 aromatic rings. The number of ketones is 1. The fraction of sp³-hybridized carbons (Fsp3) is 0.280. The first-order valence-electron chi connectivity index (χ1n) is 10.5. The number of ether oxygens (including phenoxy) is 1. The van der Waals surface area contributed by atoms with Crippen LogP contribution in [0.2, 0.25) is 0 Å². The van der Waals surface area contributed by atoms with Crippen molar-refractivity contribution < 1.29 is 28.3 Å². The average molecular weight is 433 g/mol. The smallest absolute Gasteiger partial charge is 0.338 e. The number of carbonyl (C=O) groups is 4. The molecule has 1 heterocycles. The predicted octanol–water partition coefficient (Wildman–Crippen LogP) is 3.57. The minimum Gasteiger partial charge on any atom is -0.454 e. The summed E-state index contributed by atoms with van der Waals surface area (Å²) < 4.78 is 18.1. The molecule has 0 aromatic heterocycles. The van der Waals surface area contributed by atoms with E-state index in [2.05, 4.69) is 6.08 Å². The molecule has 3 aliphatic rings. The average Bonchev–Trinajstić information content (AvgIpc) is 3.42. The molecule has 0 radical (unpaired) electrons. The molecule has 4 atom stereocenters. The van der Waals surface area contributed by atoms with Crippen molar-refractivity contribution in [3.05, 3.63) is 77.1 Å². The van der Waals surface area contributed by atoms with E-state index in [4.69, 9.17) is 4.74 Å². The van der Waals surface area contributed by atoms with Crippen molar-refractivity contribution in [2.75, 3.05) is 11.5 Å². The number of carbonyl (C=O) groups excluding carboxylic acids is 4. The van der Waals surface area contributed by atoms with Crippen LogP contribution in [-0.4, -0.2) is 30.2 Å². The number of Topliss-reactive ketones (excluding diaryl/α,β-unsaturated/α-hetero) is 1. The van der Waals surface area contributed by atoms with Gasteiger partial charge in [0.1, 0.15) is 5.82 Å². The van der Waals surface area contributed by atoms with Crippen molar-refractivity contribution in [3.8, 4) is 0 Å². The van der Waals surface area contributed by atoms with Crippen LogP contribution < -0.4 is 4.90 Å². The van der Waals surface area contributed by atoms with Gasteiger partial charge in [-0.25, -0.2) is 14.1 Å². The highest BCUT2D eigenvalue weighted by Gasteiger charge is 2.60. The van der Waals surface area contributed by atoms with E-state index in [1.165, 1.54) is 34.7 Å². The van der Waals surface area contributed by atoms with Gasteiger partial charge in [-0.2, -0.15) is 0 Å². The molecule has 2 aromatic carbocycles. The summed E-state index contributed by atoms with van der Waals surface area (Å²) in [6.45, 7) is 1.50. The van der Waals surface area contributed by atoms with Crippen LogP contribution in [0, 0.1) is 29.5 Å². The Bertz CT molecular complexity index is 1190. The van der Waals surface area contributed by atoms with Crippen molar-refractivity contribution >= 4 is 29.3 Å². The van der Waals surface area contributed by atoms with E-state index in [9.17, 15) is 23.6 Å². The number of hydrogen-bond donors (Lipinski definition) is 0. The van der Waals surface area contributed by atoms with Gasteiger partial charge in [0.25, 0.3) is 0 Å². The molecule has 1 saturated carbocycles. The van der Waals surface area contributed by atoms with Crippen molar-refractivity contribution in [1.29, 1.82) is 0 Å². The van der Waals surface area contributed by atoms with E-state index >= 15 is 0 Å². The van der Waals surface area contributed by atoms with E-state index in [-0.39, 0.29) is 46.6 Å². The molecular formula is C25H20FNO5. The lowest BCUT2D eigenvalue weighted by Crippen LogP contribution is -2.33. The summed E-state index contributed by atoms with van der Waals surface area (Å²) in [5.41, 5.74) is 1.85. The number of hydrogen-bond acceptors (Lipinski definition) is 5. The largest absolute Gasteiger partial charge is 0.454 e. The number of amides is 2. The van der Waals surface area contributed by atoms with Gasteiger partial charge in [-0.3, -0.25) is 14.4 Å². The lowest BCUT2D eigenvalue weighted by molar-refractivity contribution is -0.123. The maximum atomic E-state index is 13.1. The molecule has 4 unspecified atom stereocenters. The van der Waals surface area contributed by atoms with Crippen LogP contribution in [0.1, 0.15) is 34.1 Å². The van der Waals surface area contributed by atoms with Crippen molar-refractivity contribution in [2.24, 2.45) is 23.7 Å². The first-order valence-corrected chi connectivity index (χ1v) is 10.5. The van der Waals surface area contributed by atoms with Crippen LogP contribution >= 0.6 is 0 Å². The zero-order valence-electron chi connectivity index (χ0n) is 17.3. The monoisotopic (exact) mass is 433 g/mol. The molecule has 32 heavy (non-hydrogen) atoms. The number of fused-ring (bicyclic) bond motifs is 5. The number of anilines is 1. The number of benzene rings is 2. The summed E-state index contributed by atoms with van der Waals surface area (Å²) in [5.74, 6) is -2.60. The first-order chi connectivity index (χ1) is 15.3. The van der Waals surface area contributed by atoms with Crippen LogP contribution in [0.25, 0.3) is 0 Å². The topological polar surface area (TPSA) is 80.8 Å². The molecule has 2 fully saturated rings. The molecule has 7 heteroatoms. The Morgan fingerprint density at radius 2 is 1.75 bits per heavy atom. The summed E-state index contributed by atoms with van der Waals surface area (Å²) in [6.07, 6.45) is 2.95. The molecular weight excluding hydrogens is 413 g/mol. The number of allylic oxidation sites excluding steroid dienone is 2. The zero-order valence-corrected chi connectivity index (χ0v) is 17.3. The molecule has 5 rings (SSSR count). The SMILES string of the molecule is CC1=CC2CC1C1C(=O)N(c3cccc(C(=O)OCC(=O)c4ccc(F)cc4)c3)C(=O)C21. The molecule has 2 bridgehead atoms. The molecule has 1 aliphatic heterocycles. The van der Waals surface area contributed by atoms with E-state index in [1.807, 2.05) is 6.92 Å². The highest BCUT2D eigenvalue weighted by Crippen LogP contribution is 2.55. The summed E-state index contributed by atoms with van der Waals surface area (Å²) in [4.78, 5) is 52.0. The van der Waals surface area contributed by atoms with Gasteiger partial charge in [0.05, 0.1) is 23.1 Å². The predicted molar refractivity (Wildman–Crippen MR) is 112 cm³/mol. The van der Waals surface area contributed by atoms with Gasteiger partial charge in [-0.05, 0) is 67.6 Å². The molecule has 2 aliphatic carbocycles. The number of imide groups is 1. The maximum Gasteiger partial charge on any atom is 0.338 e. The molecule has 0 spiro atoms. The van der Waals surface area contributed by atoms with Crippen LogP contribution in [0.15, 0.2) is 60.2 Å². The van der Waals surface area contributed by atoms with Crippen molar-refractivity contribution in [2.45, 2.75) is 13.3 Å². The molecule has 2 amide bonds. The van der Waals surface area contributed by atoms with Crippen LogP contribution in [-0.2, 0) is 14.3 Å². The minimum absolute atomic E-state index is 0.0945. The second kappa shape index (κ2) is 7.51. The van der Waals surface area contributed by atoms with Crippen molar-refractivity contribution in [1.82, 2.24) is 0 Å². The van der Waals surface area contributed by atoms with Gasteiger partial charge in [0.2, 0.25) is 11.8 Å². The van der Waals surface area contributed by atoms with E-state index in [0.717, 1.165) is 18.6 Å². The standard InChI is InChI=1S/C25H20FNO5/c1-13-9-16-11-19(13)22-21(16)23(29)27(24(22)30)18-4-2-3-15(10-18)25(31)32-12-20(28)14-5-7-17(26)8-6-14/h2-10,16,19,21-22H,11-12H2,1H3. The zero-order chi connectivity index (χ0) is 22.6. The number of esters is 1. The third-order valence-corrected chi connectivity index (χ3v) is 6.72. The molecule has 162 valence electrons. The highest BCUT2D eigenvalue weighted by atomic mass is 19.1. The van der Waals surface area contributed by atoms with Gasteiger partial charge in [0, 0.05) is 5.56 Å². The first kappa shape index (κ1) is 20.3. The molecule has 0 N–H and O–H groups in total. The number of halogens is 1. The Kier molecular flexibility index (Phi) is 4.77. The summed E-state index contributed by atoms with van der Waals surface area (Å²) in [6, 6.07) is 11.1. The number of rotatable bonds is 5. The Morgan fingerprint density at radius 3 is 2.50 bits per heavy atom. The fourth-order valence-electron chi connectivity index (χ4n) is 5.23. The second-order valence-corrected chi connectivity index (χ2v) is 8.54. The van der Waals surface area contributed by atoms with E-state index in [0.29, 0.717) is 5.69 Å². The minimum atomic E-state index is -0.751. The third kappa shape index (κ3) is 3.16. The Morgan fingerprint density at radius 1 is 1.03 bits per heavy atom. The van der Waals surface area contributed by atoms with E-state index in [1.54, 1.807) is 12.1 Å². The Hall–Kier alpha value is -3.61. The van der Waals surface area contributed by atoms with Gasteiger partial charge in [-0.1, -0.05) is 17.7 Å². The molecule has 1 saturated heterocycles. The van der Waals surface area contributed by atoms with Crippen LogP contribution in [0.4, 0.5) is 10.1 Å². The third-order valence-electron chi connectivity index (χ3n) is 6.72. The lowest BCUT2D eigenvalue weighted by atomic mass is 9.82. The fourth-order valence-corrected chi connectivity index (χ4v) is 5.23. The maximum absolute atomic E-state index is 13.1. The van der Waals surface area contributed by atoms with E-state index < -0.39 is 24.2 Å². The normalized spacial score (nSPS) is 25.7. The Balaban J connectivity index is 1.30. The van der Waals surface area contributed by atoms with Crippen molar-refractivity contribution in [3.63, 3.8) is 0 Å². The Labute approximate surface area is 183 Å². The second-order valence-electron chi connectivity index (χ2n) is 8.54. The van der Waals surface area contributed by atoms with Gasteiger partial charge < -0.3 is 4.74 Å². The summed E-state index contributed by atoms with van der Waals surface area (Å²) in [5, 5.41) is 0. The van der Waals surface area contributed by atoms with Crippen LogP contribution in [0.3, 0.4) is 0 Å².